The number of nitrogens with zero attached hydrogens (tertiary/aromatic N) is 4. The summed E-state index contributed by atoms with van der Waals surface area (Å²) < 4.78 is 0. The molecule has 0 saturated carbocycles. The van der Waals surface area contributed by atoms with Crippen LogP contribution >= 0.6 is 0 Å². The summed E-state index contributed by atoms with van der Waals surface area (Å²) in [5.74, 6) is 0.655. The first-order valence-electron chi connectivity index (χ1n) is 5.72. The molecule has 0 radical (unpaired) electrons. The van der Waals surface area contributed by atoms with Crippen molar-refractivity contribution < 1.29 is 5.21 Å². The van der Waals surface area contributed by atoms with Crippen LogP contribution in [0.15, 0.2) is 41.8 Å². The van der Waals surface area contributed by atoms with Crippen LogP contribution in [0, 0.1) is 6.92 Å². The van der Waals surface area contributed by atoms with Crippen molar-refractivity contribution in [3.8, 4) is 0 Å². The van der Waals surface area contributed by atoms with Gasteiger partial charge in [-0.3, -0.25) is 0 Å². The van der Waals surface area contributed by atoms with Crippen molar-refractivity contribution in [3.05, 3.63) is 47.8 Å². The summed E-state index contributed by atoms with van der Waals surface area (Å²) >= 11 is 0. The monoisotopic (exact) mass is 257 g/mol. The first-order valence-corrected chi connectivity index (χ1v) is 5.72. The summed E-state index contributed by atoms with van der Waals surface area (Å²) in [6, 6.07) is 7.30. The number of nitrogens with two attached hydrogens (primary N) is 1. The van der Waals surface area contributed by atoms with Gasteiger partial charge in [0.2, 0.25) is 5.95 Å². The van der Waals surface area contributed by atoms with E-state index in [-0.39, 0.29) is 5.84 Å². The van der Waals surface area contributed by atoms with Gasteiger partial charge in [-0.1, -0.05) is 17.3 Å². The molecule has 0 spiro atoms. The Hall–Kier alpha value is -2.63. The van der Waals surface area contributed by atoms with Gasteiger partial charge in [-0.2, -0.15) is 0 Å². The molecule has 0 saturated heterocycles. The fourth-order valence-corrected chi connectivity index (χ4v) is 1.61. The number of aromatic nitrogens is 2. The Morgan fingerprint density at radius 2 is 2.00 bits per heavy atom. The quantitative estimate of drug-likeness (QED) is 0.378. The van der Waals surface area contributed by atoms with Crippen molar-refractivity contribution in [3.63, 3.8) is 0 Å². The minimum Gasteiger partial charge on any atom is -0.409 e. The van der Waals surface area contributed by atoms with Gasteiger partial charge in [0.1, 0.15) is 0 Å². The number of hydrogen-bond donors (Lipinski definition) is 2. The lowest BCUT2D eigenvalue weighted by Gasteiger charge is -2.17. The van der Waals surface area contributed by atoms with Gasteiger partial charge in [0, 0.05) is 30.7 Å². The van der Waals surface area contributed by atoms with E-state index in [4.69, 9.17) is 10.9 Å². The maximum atomic E-state index is 8.69. The molecule has 0 fully saturated rings. The molecule has 0 aliphatic carbocycles. The predicted octanol–water partition coefficient (Wildman–Crippen LogP) is 1.65. The highest BCUT2D eigenvalue weighted by Crippen LogP contribution is 2.20. The number of amidine groups is 1. The van der Waals surface area contributed by atoms with Crippen LogP contribution < -0.4 is 10.6 Å². The van der Waals surface area contributed by atoms with Crippen LogP contribution in [0.25, 0.3) is 0 Å². The second-order valence-corrected chi connectivity index (χ2v) is 4.16. The fourth-order valence-electron chi connectivity index (χ4n) is 1.61. The second kappa shape index (κ2) is 5.34. The highest BCUT2D eigenvalue weighted by molar-refractivity contribution is 5.97. The predicted molar refractivity (Wildman–Crippen MR) is 73.8 cm³/mol. The number of oxime groups is 1. The van der Waals surface area contributed by atoms with E-state index in [1.807, 2.05) is 31.0 Å². The molecule has 1 aromatic heterocycles. The summed E-state index contributed by atoms with van der Waals surface area (Å²) in [6.07, 6.45) is 3.51. The molecule has 2 rings (SSSR count). The summed E-state index contributed by atoms with van der Waals surface area (Å²) in [7, 11) is 1.86. The normalized spacial score (nSPS) is 11.4. The molecule has 6 nitrogen and oxygen atoms in total. The van der Waals surface area contributed by atoms with Crippen LogP contribution in [0.1, 0.15) is 11.1 Å². The first kappa shape index (κ1) is 12.8. The van der Waals surface area contributed by atoms with Crippen LogP contribution in [0.5, 0.6) is 0 Å². The molecule has 3 N–H and O–H groups in total. The van der Waals surface area contributed by atoms with Crippen LogP contribution in [0.3, 0.4) is 0 Å². The third kappa shape index (κ3) is 2.79. The molecule has 19 heavy (non-hydrogen) atoms. The van der Waals surface area contributed by atoms with Gasteiger partial charge in [0.15, 0.2) is 5.84 Å². The molecular formula is C13H15N5O. The Morgan fingerprint density at radius 1 is 1.32 bits per heavy atom. The third-order valence-electron chi connectivity index (χ3n) is 2.70. The molecule has 1 aromatic carbocycles. The van der Waals surface area contributed by atoms with Gasteiger partial charge in [0.25, 0.3) is 0 Å². The average molecular weight is 257 g/mol. The molecule has 98 valence electrons. The SMILES string of the molecule is Cc1cnc(N(C)c2cccc(C(N)=NO)c2)nc1. The maximum absolute atomic E-state index is 8.69. The van der Waals surface area contributed by atoms with E-state index in [2.05, 4.69) is 15.1 Å². The molecular weight excluding hydrogens is 242 g/mol. The Morgan fingerprint density at radius 3 is 2.63 bits per heavy atom. The van der Waals surface area contributed by atoms with E-state index in [1.165, 1.54) is 0 Å². The zero-order valence-electron chi connectivity index (χ0n) is 10.8. The average Bonchev–Trinajstić information content (AvgIpc) is 2.46. The van der Waals surface area contributed by atoms with Crippen molar-refractivity contribution in [1.82, 2.24) is 9.97 Å². The number of rotatable bonds is 3. The van der Waals surface area contributed by atoms with Gasteiger partial charge in [0.05, 0.1) is 0 Å². The van der Waals surface area contributed by atoms with Crippen LogP contribution in [-0.4, -0.2) is 28.1 Å². The van der Waals surface area contributed by atoms with Gasteiger partial charge in [-0.05, 0) is 24.6 Å². The zero-order valence-corrected chi connectivity index (χ0v) is 10.8. The molecule has 1 heterocycles. The Bertz CT molecular complexity index is 594. The highest BCUT2D eigenvalue weighted by atomic mass is 16.4. The molecule has 6 heteroatoms. The standard InChI is InChI=1S/C13H15N5O/c1-9-7-15-13(16-8-9)18(2)11-5-3-4-10(6-11)12(14)17-19/h3-8,19H,1-2H3,(H2,14,17). The topological polar surface area (TPSA) is 87.6 Å². The minimum atomic E-state index is 0.0695. The smallest absolute Gasteiger partial charge is 0.229 e. The van der Waals surface area contributed by atoms with Crippen LogP contribution in [0.2, 0.25) is 0 Å². The number of aryl methyl sites for hydroxylation is 1. The molecule has 0 aliphatic rings. The van der Waals surface area contributed by atoms with Crippen LogP contribution in [-0.2, 0) is 0 Å². The summed E-state index contributed by atoms with van der Waals surface area (Å²) in [5, 5.41) is 11.7. The highest BCUT2D eigenvalue weighted by Gasteiger charge is 2.08. The van der Waals surface area contributed by atoms with Gasteiger partial charge in [-0.15, -0.1) is 0 Å². The minimum absolute atomic E-state index is 0.0695. The van der Waals surface area contributed by atoms with E-state index < -0.39 is 0 Å². The van der Waals surface area contributed by atoms with E-state index in [1.54, 1.807) is 24.5 Å². The summed E-state index contributed by atoms with van der Waals surface area (Å²) in [6.45, 7) is 1.93. The van der Waals surface area contributed by atoms with Crippen molar-refractivity contribution in [1.29, 1.82) is 0 Å². The van der Waals surface area contributed by atoms with E-state index in [0.717, 1.165) is 11.3 Å². The molecule has 0 bridgehead atoms. The van der Waals surface area contributed by atoms with E-state index in [9.17, 15) is 0 Å². The van der Waals surface area contributed by atoms with E-state index >= 15 is 0 Å². The Kier molecular flexibility index (Phi) is 3.61. The number of benzene rings is 1. The van der Waals surface area contributed by atoms with Crippen LogP contribution in [0.4, 0.5) is 11.6 Å². The Labute approximate surface area is 111 Å². The van der Waals surface area contributed by atoms with E-state index in [0.29, 0.717) is 11.5 Å². The molecule has 0 atom stereocenters. The molecule has 0 amide bonds. The molecule has 2 aromatic rings. The lowest BCUT2D eigenvalue weighted by Crippen LogP contribution is -2.16. The van der Waals surface area contributed by atoms with Gasteiger partial charge < -0.3 is 15.8 Å². The fraction of sp³-hybridized carbons (Fsp3) is 0.154. The van der Waals surface area contributed by atoms with Gasteiger partial charge >= 0.3 is 0 Å². The lowest BCUT2D eigenvalue weighted by atomic mass is 10.2. The van der Waals surface area contributed by atoms with Gasteiger partial charge in [-0.25, -0.2) is 9.97 Å². The molecule has 0 aliphatic heterocycles. The molecule has 0 unspecified atom stereocenters. The summed E-state index contributed by atoms with van der Waals surface area (Å²) in [4.78, 5) is 10.3. The van der Waals surface area contributed by atoms with Crippen molar-refractivity contribution >= 4 is 17.5 Å². The first-order chi connectivity index (χ1) is 9.11. The number of hydrogen-bond acceptors (Lipinski definition) is 5. The third-order valence-corrected chi connectivity index (χ3v) is 2.70. The summed E-state index contributed by atoms with van der Waals surface area (Å²) in [5.41, 5.74) is 8.07. The van der Waals surface area contributed by atoms with Crippen molar-refractivity contribution in [2.24, 2.45) is 10.9 Å². The van der Waals surface area contributed by atoms with Crippen molar-refractivity contribution in [2.75, 3.05) is 11.9 Å². The number of anilines is 2. The largest absolute Gasteiger partial charge is 0.409 e. The second-order valence-electron chi connectivity index (χ2n) is 4.16. The lowest BCUT2D eigenvalue weighted by molar-refractivity contribution is 0.318. The van der Waals surface area contributed by atoms with Crippen molar-refractivity contribution in [2.45, 2.75) is 6.92 Å². The maximum Gasteiger partial charge on any atom is 0.229 e. The Balaban J connectivity index is 2.33. The zero-order chi connectivity index (χ0) is 13.8.